The number of hydrogen-bond acceptors (Lipinski definition) is 1. The van der Waals surface area contributed by atoms with Gasteiger partial charge in [0.2, 0.25) is 5.91 Å². The van der Waals surface area contributed by atoms with E-state index in [4.69, 9.17) is 0 Å². The van der Waals surface area contributed by atoms with Crippen LogP contribution in [0.3, 0.4) is 0 Å². The van der Waals surface area contributed by atoms with Gasteiger partial charge in [-0.3, -0.25) is 4.79 Å². The van der Waals surface area contributed by atoms with Crippen LogP contribution in [-0.4, -0.2) is 12.5 Å². The molecule has 2 aliphatic carbocycles. The van der Waals surface area contributed by atoms with Crippen LogP contribution in [0.15, 0.2) is 48.5 Å². The average molecular weight is 383 g/mol. The van der Waals surface area contributed by atoms with Crippen LogP contribution in [0.2, 0.25) is 0 Å². The van der Waals surface area contributed by atoms with E-state index in [9.17, 15) is 13.6 Å². The molecule has 2 nitrogen and oxygen atoms in total. The number of halogens is 2. The SMILES string of the molecule is O=C(CC1CC2CCC1C2)NCCC(c1ccc(F)cc1)c1ccc(F)cc1. The summed E-state index contributed by atoms with van der Waals surface area (Å²) in [6, 6.07) is 12.8. The standard InChI is InChI=1S/C24H27F2NO/c25-21-7-3-17(4-8-21)23(18-5-9-22(26)10-6-18)11-12-27-24(28)15-20-14-16-1-2-19(20)13-16/h3-10,16,19-20,23H,1-2,11-15H2,(H,27,28). The van der Waals surface area contributed by atoms with E-state index in [0.29, 0.717) is 25.3 Å². The normalized spacial score (nSPS) is 23.3. The van der Waals surface area contributed by atoms with Gasteiger partial charge in [-0.05, 0) is 78.8 Å². The molecule has 0 saturated heterocycles. The topological polar surface area (TPSA) is 29.1 Å². The number of benzene rings is 2. The predicted octanol–water partition coefficient (Wildman–Crippen LogP) is 5.43. The highest BCUT2D eigenvalue weighted by Crippen LogP contribution is 2.49. The smallest absolute Gasteiger partial charge is 0.220 e. The van der Waals surface area contributed by atoms with Gasteiger partial charge in [-0.2, -0.15) is 0 Å². The second-order valence-electron chi connectivity index (χ2n) is 8.43. The summed E-state index contributed by atoms with van der Waals surface area (Å²) in [6.45, 7) is 0.555. The van der Waals surface area contributed by atoms with Gasteiger partial charge in [0.1, 0.15) is 11.6 Å². The molecule has 2 bridgehead atoms. The second-order valence-corrected chi connectivity index (χ2v) is 8.43. The van der Waals surface area contributed by atoms with Gasteiger partial charge >= 0.3 is 0 Å². The van der Waals surface area contributed by atoms with Crippen molar-refractivity contribution in [2.45, 2.75) is 44.4 Å². The quantitative estimate of drug-likeness (QED) is 0.679. The molecule has 0 aliphatic heterocycles. The van der Waals surface area contributed by atoms with Crippen LogP contribution in [0.25, 0.3) is 0 Å². The van der Waals surface area contributed by atoms with E-state index >= 15 is 0 Å². The Kier molecular flexibility index (Phi) is 5.74. The summed E-state index contributed by atoms with van der Waals surface area (Å²) < 4.78 is 26.6. The van der Waals surface area contributed by atoms with E-state index in [0.717, 1.165) is 23.0 Å². The molecule has 2 saturated carbocycles. The third-order valence-corrected chi connectivity index (χ3v) is 6.63. The van der Waals surface area contributed by atoms with Crippen LogP contribution in [0.1, 0.15) is 55.6 Å². The molecule has 0 spiro atoms. The zero-order chi connectivity index (χ0) is 19.5. The molecule has 1 amide bonds. The van der Waals surface area contributed by atoms with Gasteiger partial charge in [0.25, 0.3) is 0 Å². The molecule has 148 valence electrons. The van der Waals surface area contributed by atoms with E-state index in [1.165, 1.54) is 49.9 Å². The van der Waals surface area contributed by atoms with Crippen molar-refractivity contribution in [2.24, 2.45) is 17.8 Å². The lowest BCUT2D eigenvalue weighted by atomic mass is 9.86. The summed E-state index contributed by atoms with van der Waals surface area (Å²) in [5.41, 5.74) is 1.94. The molecule has 4 rings (SSSR count). The molecule has 0 radical (unpaired) electrons. The van der Waals surface area contributed by atoms with E-state index in [2.05, 4.69) is 5.32 Å². The largest absolute Gasteiger partial charge is 0.356 e. The fourth-order valence-corrected chi connectivity index (χ4v) is 5.21. The lowest BCUT2D eigenvalue weighted by Crippen LogP contribution is -2.29. The monoisotopic (exact) mass is 383 g/mol. The molecule has 1 N–H and O–H groups in total. The van der Waals surface area contributed by atoms with Crippen LogP contribution in [-0.2, 0) is 4.79 Å². The maximum atomic E-state index is 13.3. The van der Waals surface area contributed by atoms with Crippen molar-refractivity contribution >= 4 is 5.91 Å². The van der Waals surface area contributed by atoms with Gasteiger partial charge in [0.05, 0.1) is 0 Å². The fraction of sp³-hybridized carbons (Fsp3) is 0.458. The van der Waals surface area contributed by atoms with Crippen molar-refractivity contribution in [3.8, 4) is 0 Å². The van der Waals surface area contributed by atoms with Gasteiger partial charge < -0.3 is 5.32 Å². The van der Waals surface area contributed by atoms with Gasteiger partial charge in [0, 0.05) is 18.9 Å². The van der Waals surface area contributed by atoms with Crippen molar-refractivity contribution < 1.29 is 13.6 Å². The van der Waals surface area contributed by atoms with Crippen LogP contribution in [0, 0.1) is 29.4 Å². The highest BCUT2D eigenvalue weighted by molar-refractivity contribution is 5.76. The van der Waals surface area contributed by atoms with Gasteiger partial charge in [-0.25, -0.2) is 8.78 Å². The highest BCUT2D eigenvalue weighted by atomic mass is 19.1. The number of amides is 1. The Morgan fingerprint density at radius 1 is 0.929 bits per heavy atom. The maximum absolute atomic E-state index is 13.3. The van der Waals surface area contributed by atoms with Crippen molar-refractivity contribution in [2.75, 3.05) is 6.54 Å². The molecule has 4 heteroatoms. The van der Waals surface area contributed by atoms with Crippen LogP contribution in [0.5, 0.6) is 0 Å². The minimum Gasteiger partial charge on any atom is -0.356 e. The molecule has 0 aromatic heterocycles. The number of rotatable bonds is 7. The summed E-state index contributed by atoms with van der Waals surface area (Å²) in [5, 5.41) is 3.07. The number of nitrogens with one attached hydrogen (secondary N) is 1. The van der Waals surface area contributed by atoms with Crippen molar-refractivity contribution in [1.29, 1.82) is 0 Å². The van der Waals surface area contributed by atoms with E-state index in [-0.39, 0.29) is 23.5 Å². The molecule has 0 heterocycles. The maximum Gasteiger partial charge on any atom is 0.220 e. The summed E-state index contributed by atoms with van der Waals surface area (Å²) in [4.78, 5) is 12.4. The minimum atomic E-state index is -0.277. The number of fused-ring (bicyclic) bond motifs is 2. The lowest BCUT2D eigenvalue weighted by molar-refractivity contribution is -0.122. The molecule has 3 unspecified atom stereocenters. The molecule has 2 aromatic rings. The molecular formula is C24H27F2NO. The summed E-state index contributed by atoms with van der Waals surface area (Å²) in [5.74, 6) is 1.73. The third-order valence-electron chi connectivity index (χ3n) is 6.63. The van der Waals surface area contributed by atoms with Gasteiger partial charge in [-0.15, -0.1) is 0 Å². The second kappa shape index (κ2) is 8.42. The first-order chi connectivity index (χ1) is 13.6. The molecule has 2 aliphatic rings. The van der Waals surface area contributed by atoms with E-state index < -0.39 is 0 Å². The Morgan fingerprint density at radius 3 is 2.04 bits per heavy atom. The first kappa shape index (κ1) is 19.1. The molecule has 28 heavy (non-hydrogen) atoms. The summed E-state index contributed by atoms with van der Waals surface area (Å²) in [6.07, 6.45) is 6.50. The van der Waals surface area contributed by atoms with E-state index in [1.807, 2.05) is 0 Å². The molecule has 3 atom stereocenters. The summed E-state index contributed by atoms with van der Waals surface area (Å²) in [7, 11) is 0. The van der Waals surface area contributed by atoms with Crippen LogP contribution < -0.4 is 5.32 Å². The fourth-order valence-electron chi connectivity index (χ4n) is 5.21. The molecular weight excluding hydrogens is 356 g/mol. The zero-order valence-corrected chi connectivity index (χ0v) is 16.0. The van der Waals surface area contributed by atoms with E-state index in [1.54, 1.807) is 24.3 Å². The average Bonchev–Trinajstić information content (AvgIpc) is 3.30. The van der Waals surface area contributed by atoms with Crippen molar-refractivity contribution in [1.82, 2.24) is 5.32 Å². The Balaban J connectivity index is 1.36. The Bertz CT molecular complexity index is 757. The zero-order valence-electron chi connectivity index (χ0n) is 16.0. The Morgan fingerprint density at radius 2 is 1.54 bits per heavy atom. The Labute approximate surface area is 165 Å². The number of carbonyl (C=O) groups is 1. The van der Waals surface area contributed by atoms with Gasteiger partial charge in [-0.1, -0.05) is 30.7 Å². The van der Waals surface area contributed by atoms with Crippen molar-refractivity contribution in [3.05, 3.63) is 71.3 Å². The van der Waals surface area contributed by atoms with Crippen LogP contribution in [0.4, 0.5) is 8.78 Å². The third kappa shape index (κ3) is 4.43. The first-order valence-corrected chi connectivity index (χ1v) is 10.4. The molecule has 2 aromatic carbocycles. The van der Waals surface area contributed by atoms with Crippen LogP contribution >= 0.6 is 0 Å². The van der Waals surface area contributed by atoms with Crippen molar-refractivity contribution in [3.63, 3.8) is 0 Å². The molecule has 2 fully saturated rings. The first-order valence-electron chi connectivity index (χ1n) is 10.4. The lowest BCUT2D eigenvalue weighted by Gasteiger charge is -2.22. The summed E-state index contributed by atoms with van der Waals surface area (Å²) >= 11 is 0. The number of carbonyl (C=O) groups excluding carboxylic acids is 1. The predicted molar refractivity (Wildman–Crippen MR) is 106 cm³/mol. The minimum absolute atomic E-state index is 0.0102. The number of hydrogen-bond donors (Lipinski definition) is 1. The highest BCUT2D eigenvalue weighted by Gasteiger charge is 2.40. The van der Waals surface area contributed by atoms with Gasteiger partial charge in [0.15, 0.2) is 0 Å². The Hall–Kier alpha value is -2.23.